The third-order valence-corrected chi connectivity index (χ3v) is 8.05. The molecule has 1 saturated carbocycles. The standard InChI is InChI=1S/C27H32F2N8O4/c28-23(29)24-31-18-3-1-2-4-20(18)37(24)22-15-21(35-11-13-41-14-12-35)33-26(34-22)30-16-5-7-17(8-6-16)36-10-9-19(25(36)38)32-27(39)40/h1-4,15-17,19,23,32H,5-14H2,(H,39,40)(H,30,33,34)/t16?,17?,19-/m1/s1. The van der Waals surface area contributed by atoms with E-state index in [2.05, 4.69) is 25.5 Å². The first kappa shape index (κ1) is 27.1. The molecule has 2 aliphatic heterocycles. The van der Waals surface area contributed by atoms with Gasteiger partial charge in [-0.25, -0.2) is 18.6 Å². The van der Waals surface area contributed by atoms with Crippen molar-refractivity contribution in [2.24, 2.45) is 0 Å². The number of alkyl halides is 2. The lowest BCUT2D eigenvalue weighted by molar-refractivity contribution is -0.131. The summed E-state index contributed by atoms with van der Waals surface area (Å²) < 4.78 is 35.1. The van der Waals surface area contributed by atoms with Crippen LogP contribution in [0.15, 0.2) is 30.3 Å². The van der Waals surface area contributed by atoms with E-state index in [-0.39, 0.29) is 23.8 Å². The third-order valence-electron chi connectivity index (χ3n) is 8.05. The zero-order valence-electron chi connectivity index (χ0n) is 22.4. The van der Waals surface area contributed by atoms with Gasteiger partial charge in [0.15, 0.2) is 5.82 Å². The number of carbonyl (C=O) groups is 2. The second-order valence-electron chi connectivity index (χ2n) is 10.6. The number of anilines is 2. The van der Waals surface area contributed by atoms with Gasteiger partial charge >= 0.3 is 6.09 Å². The van der Waals surface area contributed by atoms with E-state index in [0.717, 1.165) is 25.7 Å². The minimum atomic E-state index is -2.80. The molecule has 3 N–H and O–H groups in total. The molecule has 1 aromatic carbocycles. The van der Waals surface area contributed by atoms with Crippen molar-refractivity contribution in [1.29, 1.82) is 0 Å². The summed E-state index contributed by atoms with van der Waals surface area (Å²) in [5, 5.41) is 14.7. The van der Waals surface area contributed by atoms with Crippen molar-refractivity contribution in [3.05, 3.63) is 36.2 Å². The van der Waals surface area contributed by atoms with Crippen LogP contribution in [-0.2, 0) is 9.53 Å². The smallest absolute Gasteiger partial charge is 0.405 e. The highest BCUT2D eigenvalue weighted by molar-refractivity contribution is 5.87. The number of ether oxygens (including phenoxy) is 1. The molecule has 0 bridgehead atoms. The molecular formula is C27H32F2N8O4. The Morgan fingerprint density at radius 2 is 1.73 bits per heavy atom. The first-order valence-electron chi connectivity index (χ1n) is 13.9. The SMILES string of the molecule is O=C(O)N[C@@H]1CCN(C2CCC(Nc3nc(N4CCOCC4)cc(-n4c(C(F)F)nc5ccccc54)n3)CC2)C1=O. The van der Waals surface area contributed by atoms with Gasteiger partial charge < -0.3 is 30.3 Å². The highest BCUT2D eigenvalue weighted by Crippen LogP contribution is 2.31. The molecule has 41 heavy (non-hydrogen) atoms. The Labute approximate surface area is 234 Å². The number of imidazole rings is 1. The number of carbonyl (C=O) groups excluding carboxylic acids is 1. The van der Waals surface area contributed by atoms with E-state index >= 15 is 0 Å². The summed E-state index contributed by atoms with van der Waals surface area (Å²) in [6, 6.07) is 8.09. The normalized spacial score (nSPS) is 23.4. The zero-order chi connectivity index (χ0) is 28.5. The minimum Gasteiger partial charge on any atom is -0.465 e. The molecule has 3 aromatic rings. The van der Waals surface area contributed by atoms with Crippen LogP contribution in [0.2, 0.25) is 0 Å². The van der Waals surface area contributed by atoms with Crippen LogP contribution >= 0.6 is 0 Å². The molecule has 4 heterocycles. The number of aromatic nitrogens is 4. The lowest BCUT2D eigenvalue weighted by atomic mass is 9.90. The second-order valence-corrected chi connectivity index (χ2v) is 10.6. The highest BCUT2D eigenvalue weighted by Gasteiger charge is 2.38. The Morgan fingerprint density at radius 1 is 1.00 bits per heavy atom. The molecule has 14 heteroatoms. The lowest BCUT2D eigenvalue weighted by Gasteiger charge is -2.35. The Hall–Kier alpha value is -4.07. The Kier molecular flexibility index (Phi) is 7.56. The summed E-state index contributed by atoms with van der Waals surface area (Å²) in [5.41, 5.74) is 0.992. The Bertz CT molecular complexity index is 1420. The van der Waals surface area contributed by atoms with Gasteiger partial charge in [-0.05, 0) is 44.2 Å². The number of likely N-dealkylation sites (tertiary alicyclic amines) is 1. The number of para-hydroxylation sites is 2. The summed E-state index contributed by atoms with van der Waals surface area (Å²) in [5.74, 6) is 0.717. The fourth-order valence-corrected chi connectivity index (χ4v) is 6.05. The van der Waals surface area contributed by atoms with Crippen LogP contribution in [0.4, 0.5) is 25.3 Å². The van der Waals surface area contributed by atoms with E-state index in [1.54, 1.807) is 35.2 Å². The molecule has 2 saturated heterocycles. The van der Waals surface area contributed by atoms with E-state index < -0.39 is 18.6 Å². The van der Waals surface area contributed by atoms with Crippen molar-refractivity contribution in [3.8, 4) is 5.82 Å². The molecule has 2 amide bonds. The van der Waals surface area contributed by atoms with Gasteiger partial charge in [0, 0.05) is 37.8 Å². The fraction of sp³-hybridized carbons (Fsp3) is 0.519. The first-order valence-corrected chi connectivity index (χ1v) is 13.9. The highest BCUT2D eigenvalue weighted by atomic mass is 19.3. The summed E-state index contributed by atoms with van der Waals surface area (Å²) in [6.07, 6.45) is -0.514. The molecule has 2 aromatic heterocycles. The average molecular weight is 571 g/mol. The van der Waals surface area contributed by atoms with Crippen molar-refractivity contribution in [1.82, 2.24) is 29.7 Å². The maximum Gasteiger partial charge on any atom is 0.405 e. The number of morpholine rings is 1. The van der Waals surface area contributed by atoms with Gasteiger partial charge in [-0.15, -0.1) is 0 Å². The summed E-state index contributed by atoms with van der Waals surface area (Å²) in [6.45, 7) is 2.86. The second kappa shape index (κ2) is 11.4. The van der Waals surface area contributed by atoms with E-state index in [1.165, 1.54) is 4.57 Å². The molecule has 1 aliphatic carbocycles. The van der Waals surface area contributed by atoms with Crippen molar-refractivity contribution < 1.29 is 28.2 Å². The topological polar surface area (TPSA) is 138 Å². The summed E-state index contributed by atoms with van der Waals surface area (Å²) in [7, 11) is 0. The number of benzene rings is 1. The molecular weight excluding hydrogens is 538 g/mol. The van der Waals surface area contributed by atoms with Gasteiger partial charge in [0.1, 0.15) is 17.7 Å². The number of nitrogens with zero attached hydrogens (tertiary/aromatic N) is 6. The molecule has 0 spiro atoms. The van der Waals surface area contributed by atoms with Gasteiger partial charge in [-0.3, -0.25) is 9.36 Å². The molecule has 218 valence electrons. The predicted molar refractivity (Wildman–Crippen MR) is 146 cm³/mol. The number of carboxylic acid groups (broad SMARTS) is 1. The van der Waals surface area contributed by atoms with Crippen molar-refractivity contribution >= 4 is 34.8 Å². The largest absolute Gasteiger partial charge is 0.465 e. The number of hydrogen-bond donors (Lipinski definition) is 3. The third kappa shape index (κ3) is 5.60. The number of hydrogen-bond acceptors (Lipinski definition) is 8. The van der Waals surface area contributed by atoms with Gasteiger partial charge in [0.25, 0.3) is 6.43 Å². The van der Waals surface area contributed by atoms with Gasteiger partial charge in [-0.2, -0.15) is 9.97 Å². The van der Waals surface area contributed by atoms with Crippen molar-refractivity contribution in [3.63, 3.8) is 0 Å². The molecule has 12 nitrogen and oxygen atoms in total. The maximum atomic E-state index is 14.1. The maximum absolute atomic E-state index is 14.1. The molecule has 1 atom stereocenters. The van der Waals surface area contributed by atoms with E-state index in [1.807, 2.05) is 0 Å². The molecule has 0 radical (unpaired) electrons. The van der Waals surface area contributed by atoms with E-state index in [4.69, 9.17) is 14.8 Å². The molecule has 6 rings (SSSR count). The molecule has 0 unspecified atom stereocenters. The number of amides is 2. The van der Waals surface area contributed by atoms with Crippen LogP contribution in [0.3, 0.4) is 0 Å². The van der Waals surface area contributed by atoms with Crippen LogP contribution in [0, 0.1) is 0 Å². The minimum absolute atomic E-state index is 0.0267. The van der Waals surface area contributed by atoms with Crippen LogP contribution in [0.1, 0.15) is 44.4 Å². The monoisotopic (exact) mass is 570 g/mol. The van der Waals surface area contributed by atoms with Crippen molar-refractivity contribution in [2.45, 2.75) is 56.7 Å². The molecule has 3 aliphatic rings. The van der Waals surface area contributed by atoms with E-state index in [0.29, 0.717) is 67.9 Å². The van der Waals surface area contributed by atoms with E-state index in [9.17, 15) is 18.4 Å². The number of nitrogens with one attached hydrogen (secondary N) is 2. The van der Waals surface area contributed by atoms with Gasteiger partial charge in [-0.1, -0.05) is 12.1 Å². The Morgan fingerprint density at radius 3 is 2.46 bits per heavy atom. The quantitative estimate of drug-likeness (QED) is 0.391. The zero-order valence-corrected chi connectivity index (χ0v) is 22.4. The first-order chi connectivity index (χ1) is 19.9. The summed E-state index contributed by atoms with van der Waals surface area (Å²) in [4.78, 5) is 41.2. The number of rotatable bonds is 7. The van der Waals surface area contributed by atoms with Crippen molar-refractivity contribution in [2.75, 3.05) is 43.1 Å². The number of halogens is 2. The predicted octanol–water partition coefficient (Wildman–Crippen LogP) is 3.18. The van der Waals surface area contributed by atoms with Gasteiger partial charge in [0.2, 0.25) is 11.9 Å². The molecule has 3 fully saturated rings. The van der Waals surface area contributed by atoms with Crippen LogP contribution in [0.5, 0.6) is 0 Å². The number of fused-ring (bicyclic) bond motifs is 1. The summed E-state index contributed by atoms with van der Waals surface area (Å²) >= 11 is 0. The Balaban J connectivity index is 1.24. The van der Waals surface area contributed by atoms with Gasteiger partial charge in [0.05, 0.1) is 24.2 Å². The lowest BCUT2D eigenvalue weighted by Crippen LogP contribution is -2.46. The van der Waals surface area contributed by atoms with Crippen LogP contribution < -0.4 is 15.5 Å². The van der Waals surface area contributed by atoms with Crippen LogP contribution in [-0.4, -0.2) is 92.5 Å². The van der Waals surface area contributed by atoms with Crippen LogP contribution in [0.25, 0.3) is 16.9 Å². The average Bonchev–Trinajstić information content (AvgIpc) is 3.54. The fourth-order valence-electron chi connectivity index (χ4n) is 6.05.